The highest BCUT2D eigenvalue weighted by atomic mass is 16.5. The number of methoxy groups -OCH3 is 2. The van der Waals surface area contributed by atoms with Crippen molar-refractivity contribution in [3.8, 4) is 22.8 Å². The number of aliphatic hydroxyl groups excluding tert-OH is 1. The lowest BCUT2D eigenvalue weighted by Gasteiger charge is -2.10. The van der Waals surface area contributed by atoms with E-state index >= 15 is 0 Å². The van der Waals surface area contributed by atoms with E-state index in [-0.39, 0.29) is 6.61 Å². The van der Waals surface area contributed by atoms with Gasteiger partial charge in [0.1, 0.15) is 5.75 Å². The van der Waals surface area contributed by atoms with Crippen LogP contribution >= 0.6 is 0 Å². The van der Waals surface area contributed by atoms with E-state index < -0.39 is 0 Å². The van der Waals surface area contributed by atoms with Crippen molar-refractivity contribution >= 4 is 0 Å². The van der Waals surface area contributed by atoms with E-state index in [4.69, 9.17) is 14.6 Å². The van der Waals surface area contributed by atoms with Crippen molar-refractivity contribution in [2.75, 3.05) is 20.8 Å². The number of aliphatic hydroxyl groups is 1. The summed E-state index contributed by atoms with van der Waals surface area (Å²) in [5.41, 5.74) is 3.05. The molecule has 0 spiro atoms. The third-order valence-corrected chi connectivity index (χ3v) is 2.96. The SMILES string of the molecule is COc1ccc(-c2cnc(OC)cc2CCO)cc1. The summed E-state index contributed by atoms with van der Waals surface area (Å²) in [5.74, 6) is 1.37. The Morgan fingerprint density at radius 1 is 1.11 bits per heavy atom. The highest BCUT2D eigenvalue weighted by Crippen LogP contribution is 2.27. The van der Waals surface area contributed by atoms with Crippen LogP contribution in [0.5, 0.6) is 11.6 Å². The normalized spacial score (nSPS) is 10.3. The Kier molecular flexibility index (Phi) is 4.36. The molecule has 2 rings (SSSR count). The minimum Gasteiger partial charge on any atom is -0.497 e. The fraction of sp³-hybridized carbons (Fsp3) is 0.267. The number of hydrogen-bond acceptors (Lipinski definition) is 4. The highest BCUT2D eigenvalue weighted by Gasteiger charge is 2.08. The number of ether oxygens (including phenoxy) is 2. The molecule has 0 unspecified atom stereocenters. The number of pyridine rings is 1. The molecule has 0 saturated heterocycles. The van der Waals surface area contributed by atoms with E-state index in [0.717, 1.165) is 22.4 Å². The molecule has 0 saturated carbocycles. The molecule has 0 radical (unpaired) electrons. The van der Waals surface area contributed by atoms with E-state index in [1.807, 2.05) is 30.3 Å². The summed E-state index contributed by atoms with van der Waals surface area (Å²) in [6.07, 6.45) is 2.34. The van der Waals surface area contributed by atoms with Crippen molar-refractivity contribution in [1.29, 1.82) is 0 Å². The van der Waals surface area contributed by atoms with Gasteiger partial charge in [-0.1, -0.05) is 12.1 Å². The van der Waals surface area contributed by atoms with Crippen LogP contribution < -0.4 is 9.47 Å². The van der Waals surface area contributed by atoms with Crippen LogP contribution in [-0.4, -0.2) is 30.9 Å². The molecule has 1 aromatic heterocycles. The Hall–Kier alpha value is -2.07. The average Bonchev–Trinajstić information content (AvgIpc) is 2.47. The van der Waals surface area contributed by atoms with Gasteiger partial charge in [0, 0.05) is 24.4 Å². The molecule has 2 aromatic rings. The predicted molar refractivity (Wildman–Crippen MR) is 73.6 cm³/mol. The van der Waals surface area contributed by atoms with Gasteiger partial charge < -0.3 is 14.6 Å². The minimum atomic E-state index is 0.0936. The van der Waals surface area contributed by atoms with Gasteiger partial charge in [0.25, 0.3) is 0 Å². The van der Waals surface area contributed by atoms with E-state index in [1.165, 1.54) is 0 Å². The van der Waals surface area contributed by atoms with Crippen LogP contribution in [0.4, 0.5) is 0 Å². The first-order valence-corrected chi connectivity index (χ1v) is 6.06. The van der Waals surface area contributed by atoms with Gasteiger partial charge in [0.05, 0.1) is 14.2 Å². The fourth-order valence-corrected chi connectivity index (χ4v) is 1.94. The molecule has 0 amide bonds. The smallest absolute Gasteiger partial charge is 0.213 e. The van der Waals surface area contributed by atoms with Crippen LogP contribution in [-0.2, 0) is 6.42 Å². The number of hydrogen-bond donors (Lipinski definition) is 1. The molecule has 100 valence electrons. The van der Waals surface area contributed by atoms with Gasteiger partial charge in [-0.15, -0.1) is 0 Å². The van der Waals surface area contributed by atoms with Gasteiger partial charge in [0.2, 0.25) is 5.88 Å². The van der Waals surface area contributed by atoms with Crippen molar-refractivity contribution in [3.05, 3.63) is 42.1 Å². The van der Waals surface area contributed by atoms with Crippen LogP contribution in [0.1, 0.15) is 5.56 Å². The van der Waals surface area contributed by atoms with Gasteiger partial charge in [-0.2, -0.15) is 0 Å². The Balaban J connectivity index is 2.41. The highest BCUT2D eigenvalue weighted by molar-refractivity contribution is 5.67. The van der Waals surface area contributed by atoms with E-state index in [2.05, 4.69) is 4.98 Å². The maximum atomic E-state index is 9.16. The largest absolute Gasteiger partial charge is 0.497 e. The first-order valence-electron chi connectivity index (χ1n) is 6.06. The quantitative estimate of drug-likeness (QED) is 0.895. The number of benzene rings is 1. The fourth-order valence-electron chi connectivity index (χ4n) is 1.94. The summed E-state index contributed by atoms with van der Waals surface area (Å²) in [4.78, 5) is 4.22. The molecule has 0 aliphatic rings. The summed E-state index contributed by atoms with van der Waals surface area (Å²) >= 11 is 0. The van der Waals surface area contributed by atoms with Crippen LogP contribution in [0.25, 0.3) is 11.1 Å². The van der Waals surface area contributed by atoms with Crippen molar-refractivity contribution in [2.24, 2.45) is 0 Å². The molecular formula is C15H17NO3. The first-order chi connectivity index (χ1) is 9.28. The molecule has 1 heterocycles. The van der Waals surface area contributed by atoms with Crippen molar-refractivity contribution < 1.29 is 14.6 Å². The van der Waals surface area contributed by atoms with E-state index in [0.29, 0.717) is 12.3 Å². The van der Waals surface area contributed by atoms with Crippen molar-refractivity contribution in [1.82, 2.24) is 4.98 Å². The zero-order valence-corrected chi connectivity index (χ0v) is 11.1. The number of nitrogens with zero attached hydrogens (tertiary/aromatic N) is 1. The molecule has 1 N–H and O–H groups in total. The van der Waals surface area contributed by atoms with E-state index in [9.17, 15) is 0 Å². The number of rotatable bonds is 5. The minimum absolute atomic E-state index is 0.0936. The van der Waals surface area contributed by atoms with Gasteiger partial charge in [-0.25, -0.2) is 4.98 Å². The Morgan fingerprint density at radius 3 is 2.42 bits per heavy atom. The Labute approximate surface area is 112 Å². The monoisotopic (exact) mass is 259 g/mol. The topological polar surface area (TPSA) is 51.6 Å². The standard InChI is InChI=1S/C15H17NO3/c1-18-13-5-3-11(4-6-13)14-10-16-15(19-2)9-12(14)7-8-17/h3-6,9-10,17H,7-8H2,1-2H3. The maximum absolute atomic E-state index is 9.16. The molecule has 19 heavy (non-hydrogen) atoms. The van der Waals surface area contributed by atoms with Crippen LogP contribution in [0.15, 0.2) is 36.5 Å². The van der Waals surface area contributed by atoms with Gasteiger partial charge in [0.15, 0.2) is 0 Å². The van der Waals surface area contributed by atoms with E-state index in [1.54, 1.807) is 20.4 Å². The van der Waals surface area contributed by atoms with Gasteiger partial charge >= 0.3 is 0 Å². The third kappa shape index (κ3) is 3.03. The summed E-state index contributed by atoms with van der Waals surface area (Å²) in [6, 6.07) is 9.62. The zero-order valence-electron chi connectivity index (χ0n) is 11.1. The van der Waals surface area contributed by atoms with Crippen LogP contribution in [0.3, 0.4) is 0 Å². The maximum Gasteiger partial charge on any atom is 0.213 e. The summed E-state index contributed by atoms with van der Waals surface area (Å²) in [6.45, 7) is 0.0936. The van der Waals surface area contributed by atoms with Gasteiger partial charge in [-0.05, 0) is 29.7 Å². The predicted octanol–water partition coefficient (Wildman–Crippen LogP) is 2.30. The molecule has 0 aliphatic heterocycles. The summed E-state index contributed by atoms with van der Waals surface area (Å²) in [7, 11) is 3.22. The zero-order chi connectivity index (χ0) is 13.7. The molecule has 0 bridgehead atoms. The summed E-state index contributed by atoms with van der Waals surface area (Å²) in [5, 5.41) is 9.16. The van der Waals surface area contributed by atoms with Crippen molar-refractivity contribution in [3.63, 3.8) is 0 Å². The number of aromatic nitrogens is 1. The van der Waals surface area contributed by atoms with Crippen LogP contribution in [0, 0.1) is 0 Å². The molecular weight excluding hydrogens is 242 g/mol. The summed E-state index contributed by atoms with van der Waals surface area (Å²) < 4.78 is 10.3. The van der Waals surface area contributed by atoms with Gasteiger partial charge in [-0.3, -0.25) is 0 Å². The molecule has 0 fully saturated rings. The average molecular weight is 259 g/mol. The Morgan fingerprint density at radius 2 is 1.84 bits per heavy atom. The first kappa shape index (κ1) is 13.4. The molecule has 1 aromatic carbocycles. The molecule has 0 aliphatic carbocycles. The lowest BCUT2D eigenvalue weighted by atomic mass is 10.00. The molecule has 0 atom stereocenters. The lowest BCUT2D eigenvalue weighted by molar-refractivity contribution is 0.299. The third-order valence-electron chi connectivity index (χ3n) is 2.96. The lowest BCUT2D eigenvalue weighted by Crippen LogP contribution is -1.98. The Bertz CT molecular complexity index is 538. The second-order valence-electron chi connectivity index (χ2n) is 4.09. The second kappa shape index (κ2) is 6.20. The van der Waals surface area contributed by atoms with Crippen molar-refractivity contribution in [2.45, 2.75) is 6.42 Å². The molecule has 4 nitrogen and oxygen atoms in total. The van der Waals surface area contributed by atoms with Crippen LogP contribution in [0.2, 0.25) is 0 Å². The molecule has 4 heteroatoms. The second-order valence-corrected chi connectivity index (χ2v) is 4.09.